The molecule has 2 N–H and O–H groups in total. The molecule has 3 atom stereocenters. The number of amides is 1. The van der Waals surface area contributed by atoms with Gasteiger partial charge in [-0.05, 0) is 48.9 Å². The molecule has 1 saturated carbocycles. The van der Waals surface area contributed by atoms with Crippen LogP contribution in [0, 0.1) is 17.7 Å². The van der Waals surface area contributed by atoms with Crippen LogP contribution in [-0.2, 0) is 9.59 Å². The van der Waals surface area contributed by atoms with Gasteiger partial charge in [0.1, 0.15) is 11.6 Å². The summed E-state index contributed by atoms with van der Waals surface area (Å²) in [6.45, 7) is 2.08. The first-order valence-corrected chi connectivity index (χ1v) is 8.35. The van der Waals surface area contributed by atoms with Crippen molar-refractivity contribution in [3.05, 3.63) is 30.1 Å². The minimum Gasteiger partial charge on any atom is -0.478 e. The summed E-state index contributed by atoms with van der Waals surface area (Å²) in [7, 11) is 0. The van der Waals surface area contributed by atoms with E-state index < -0.39 is 17.9 Å². The maximum absolute atomic E-state index is 12.9. The van der Waals surface area contributed by atoms with Crippen molar-refractivity contribution in [3.8, 4) is 5.75 Å². The quantitative estimate of drug-likeness (QED) is 0.802. The number of carbonyl (C=O) groups excluding carboxylic acids is 1. The van der Waals surface area contributed by atoms with Crippen molar-refractivity contribution in [1.29, 1.82) is 0 Å². The van der Waals surface area contributed by atoms with Crippen LogP contribution >= 0.6 is 0 Å². The van der Waals surface area contributed by atoms with Crippen LogP contribution in [0.15, 0.2) is 24.3 Å². The van der Waals surface area contributed by atoms with Gasteiger partial charge >= 0.3 is 5.97 Å². The Hall–Kier alpha value is -2.11. The summed E-state index contributed by atoms with van der Waals surface area (Å²) in [6, 6.07) is 5.10. The second kappa shape index (κ2) is 8.66. The van der Waals surface area contributed by atoms with Gasteiger partial charge in [0.25, 0.3) is 0 Å². The molecule has 0 bridgehead atoms. The predicted molar refractivity (Wildman–Crippen MR) is 87.2 cm³/mol. The Labute approximate surface area is 141 Å². The van der Waals surface area contributed by atoms with Crippen LogP contribution in [0.1, 0.15) is 39.0 Å². The van der Waals surface area contributed by atoms with Gasteiger partial charge in [0.2, 0.25) is 12.0 Å². The summed E-state index contributed by atoms with van der Waals surface area (Å²) in [5.41, 5.74) is 0. The summed E-state index contributed by atoms with van der Waals surface area (Å²) >= 11 is 0. The summed E-state index contributed by atoms with van der Waals surface area (Å²) in [5, 5.41) is 11.8. The van der Waals surface area contributed by atoms with E-state index in [4.69, 9.17) is 4.74 Å². The molecule has 0 heterocycles. The van der Waals surface area contributed by atoms with Gasteiger partial charge < -0.3 is 15.2 Å². The lowest BCUT2D eigenvalue weighted by Gasteiger charge is -2.26. The van der Waals surface area contributed by atoms with E-state index in [2.05, 4.69) is 12.2 Å². The van der Waals surface area contributed by atoms with E-state index in [0.29, 0.717) is 18.3 Å². The predicted octanol–water partition coefficient (Wildman–Crippen LogP) is 2.99. The highest BCUT2D eigenvalue weighted by atomic mass is 19.1. The van der Waals surface area contributed by atoms with Crippen LogP contribution in [-0.4, -0.2) is 29.6 Å². The van der Waals surface area contributed by atoms with Crippen LogP contribution in [0.4, 0.5) is 4.39 Å². The fourth-order valence-electron chi connectivity index (χ4n) is 3.14. The van der Waals surface area contributed by atoms with Crippen LogP contribution in [0.5, 0.6) is 5.75 Å². The fourth-order valence-corrected chi connectivity index (χ4v) is 3.14. The number of carboxylic acid groups (broad SMARTS) is 1. The van der Waals surface area contributed by atoms with E-state index in [1.807, 2.05) is 0 Å². The van der Waals surface area contributed by atoms with E-state index in [1.54, 1.807) is 0 Å². The maximum atomic E-state index is 12.9. The Morgan fingerprint density at radius 1 is 1.33 bits per heavy atom. The Morgan fingerprint density at radius 2 is 2.04 bits per heavy atom. The molecule has 1 aliphatic carbocycles. The van der Waals surface area contributed by atoms with Crippen molar-refractivity contribution < 1.29 is 23.8 Å². The molecular formula is C18H24FNO4. The highest BCUT2D eigenvalue weighted by molar-refractivity contribution is 5.78. The molecule has 0 saturated heterocycles. The first-order valence-electron chi connectivity index (χ1n) is 8.35. The Balaban J connectivity index is 1.81. The van der Waals surface area contributed by atoms with Crippen LogP contribution in [0.25, 0.3) is 0 Å². The molecule has 1 fully saturated rings. The van der Waals surface area contributed by atoms with Gasteiger partial charge in [-0.25, -0.2) is 9.18 Å². The average molecular weight is 337 g/mol. The molecule has 24 heavy (non-hydrogen) atoms. The number of nitrogens with one attached hydrogen (secondary N) is 1. The maximum Gasteiger partial charge on any atom is 0.346 e. The van der Waals surface area contributed by atoms with Crippen molar-refractivity contribution >= 4 is 11.9 Å². The number of benzene rings is 1. The van der Waals surface area contributed by atoms with Crippen molar-refractivity contribution in [2.45, 2.75) is 45.1 Å². The molecule has 3 unspecified atom stereocenters. The van der Waals surface area contributed by atoms with Gasteiger partial charge in [-0.2, -0.15) is 0 Å². The Kier molecular flexibility index (Phi) is 6.58. The molecule has 6 heteroatoms. The van der Waals surface area contributed by atoms with Crippen LogP contribution in [0.3, 0.4) is 0 Å². The second-order valence-electron chi connectivity index (χ2n) is 6.54. The molecule has 2 rings (SSSR count). The van der Waals surface area contributed by atoms with Crippen molar-refractivity contribution in [3.63, 3.8) is 0 Å². The number of rotatable bonds is 7. The number of halogens is 1. The van der Waals surface area contributed by atoms with E-state index in [9.17, 15) is 19.1 Å². The molecule has 0 spiro atoms. The minimum absolute atomic E-state index is 0.117. The average Bonchev–Trinajstić information content (AvgIpc) is 2.53. The standard InChI is InChI=1S/C18H24FNO4/c1-12-3-2-4-13(9-12)10-17(21)20-11-16(18(22)23)24-15-7-5-14(19)6-8-15/h5-8,12-13,16H,2-4,9-11H2,1H3,(H,20,21)(H,22,23). The molecule has 1 aromatic rings. The van der Waals surface area contributed by atoms with Gasteiger partial charge in [0, 0.05) is 6.42 Å². The molecule has 132 valence electrons. The molecule has 5 nitrogen and oxygen atoms in total. The van der Waals surface area contributed by atoms with E-state index in [-0.39, 0.29) is 18.2 Å². The third-order valence-electron chi connectivity index (χ3n) is 4.37. The molecule has 0 aromatic heterocycles. The normalized spacial score (nSPS) is 21.8. The van der Waals surface area contributed by atoms with E-state index in [0.717, 1.165) is 19.3 Å². The lowest BCUT2D eigenvalue weighted by atomic mass is 9.81. The van der Waals surface area contributed by atoms with Gasteiger partial charge in [-0.3, -0.25) is 4.79 Å². The van der Waals surface area contributed by atoms with Gasteiger partial charge in [0.15, 0.2) is 0 Å². The third-order valence-corrected chi connectivity index (χ3v) is 4.37. The number of carbonyl (C=O) groups is 2. The van der Waals surface area contributed by atoms with Crippen molar-refractivity contribution in [1.82, 2.24) is 5.32 Å². The number of hydrogen-bond donors (Lipinski definition) is 2. The zero-order chi connectivity index (χ0) is 17.5. The van der Waals surface area contributed by atoms with Crippen molar-refractivity contribution in [2.75, 3.05) is 6.54 Å². The zero-order valence-electron chi connectivity index (χ0n) is 13.8. The lowest BCUT2D eigenvalue weighted by molar-refractivity contribution is -0.145. The SMILES string of the molecule is CC1CCCC(CC(=O)NCC(Oc2ccc(F)cc2)C(=O)O)C1. The van der Waals surface area contributed by atoms with Gasteiger partial charge in [0.05, 0.1) is 6.54 Å². The highest BCUT2D eigenvalue weighted by Crippen LogP contribution is 2.30. The Bertz CT molecular complexity index is 561. The summed E-state index contributed by atoms with van der Waals surface area (Å²) in [5.74, 6) is -0.488. The molecular weight excluding hydrogens is 313 g/mol. The topological polar surface area (TPSA) is 75.6 Å². The molecule has 1 amide bonds. The number of ether oxygens (including phenoxy) is 1. The van der Waals surface area contributed by atoms with Crippen molar-refractivity contribution in [2.24, 2.45) is 11.8 Å². The minimum atomic E-state index is -1.20. The number of aliphatic carboxylic acids is 1. The first kappa shape index (κ1) is 18.2. The van der Waals surface area contributed by atoms with Gasteiger partial charge in [-0.15, -0.1) is 0 Å². The first-order chi connectivity index (χ1) is 11.4. The van der Waals surface area contributed by atoms with E-state index in [1.165, 1.54) is 30.7 Å². The molecule has 0 aliphatic heterocycles. The van der Waals surface area contributed by atoms with Crippen LogP contribution < -0.4 is 10.1 Å². The highest BCUT2D eigenvalue weighted by Gasteiger charge is 2.24. The summed E-state index contributed by atoms with van der Waals surface area (Å²) in [4.78, 5) is 23.3. The Morgan fingerprint density at radius 3 is 2.67 bits per heavy atom. The molecule has 1 aliphatic rings. The van der Waals surface area contributed by atoms with Gasteiger partial charge in [-0.1, -0.05) is 19.8 Å². The second-order valence-corrected chi connectivity index (χ2v) is 6.54. The largest absolute Gasteiger partial charge is 0.478 e. The number of carboxylic acids is 1. The van der Waals surface area contributed by atoms with Crippen LogP contribution in [0.2, 0.25) is 0 Å². The summed E-state index contributed by atoms with van der Waals surface area (Å²) < 4.78 is 18.2. The number of hydrogen-bond acceptors (Lipinski definition) is 3. The summed E-state index contributed by atoms with van der Waals surface area (Å²) in [6.07, 6.45) is 3.67. The zero-order valence-corrected chi connectivity index (χ0v) is 13.8. The smallest absolute Gasteiger partial charge is 0.346 e. The fraction of sp³-hybridized carbons (Fsp3) is 0.556. The van der Waals surface area contributed by atoms with E-state index >= 15 is 0 Å². The molecule has 0 radical (unpaired) electrons. The third kappa shape index (κ3) is 5.83. The lowest BCUT2D eigenvalue weighted by Crippen LogP contribution is -2.41. The molecule has 1 aromatic carbocycles. The monoisotopic (exact) mass is 337 g/mol.